The molecule has 2 aromatic rings. The lowest BCUT2D eigenvalue weighted by Gasteiger charge is -2.60. The average Bonchev–Trinajstić information content (AvgIpc) is 3.01. The van der Waals surface area contributed by atoms with Crippen LogP contribution in [0.15, 0.2) is 24.4 Å². The number of carbonyl (C=O) groups excluding carboxylic acids is 1. The summed E-state index contributed by atoms with van der Waals surface area (Å²) in [5, 5.41) is 0.899. The zero-order valence-electron chi connectivity index (χ0n) is 17.2. The summed E-state index contributed by atoms with van der Waals surface area (Å²) in [5.74, 6) is 1.31. The molecule has 8 heteroatoms. The number of aromatic amines is 1. The van der Waals surface area contributed by atoms with Gasteiger partial charge in [0.1, 0.15) is 5.75 Å². The second-order valence-corrected chi connectivity index (χ2v) is 12.8. The molecule has 4 aliphatic rings. The Morgan fingerprint density at radius 1 is 1.30 bits per heavy atom. The van der Waals surface area contributed by atoms with Crippen LogP contribution >= 0.6 is 15.9 Å². The SMILES string of the molecule is CC(CC(=O)N1C2CC3CC1CC(Br)(C3)C2)c1c[nH]c2ccc(OS(C)(=O)=O)cc12. The number of nitrogens with one attached hydrogen (secondary N) is 1. The molecule has 2 aliphatic carbocycles. The number of hydrogen-bond donors (Lipinski definition) is 1. The molecule has 0 radical (unpaired) electrons. The summed E-state index contributed by atoms with van der Waals surface area (Å²) in [6.45, 7) is 2.06. The normalized spacial score (nSPS) is 31.3. The lowest BCUT2D eigenvalue weighted by molar-refractivity contribution is -0.147. The number of hydrogen-bond acceptors (Lipinski definition) is 4. The molecule has 162 valence electrons. The van der Waals surface area contributed by atoms with E-state index in [4.69, 9.17) is 4.18 Å². The molecule has 2 aliphatic heterocycles. The molecule has 6 rings (SSSR count). The molecule has 30 heavy (non-hydrogen) atoms. The van der Waals surface area contributed by atoms with Gasteiger partial charge in [-0.2, -0.15) is 8.42 Å². The number of amides is 1. The first-order chi connectivity index (χ1) is 14.1. The fourth-order valence-corrected chi connectivity index (χ4v) is 7.83. The second-order valence-electron chi connectivity index (χ2n) is 9.55. The lowest BCUT2D eigenvalue weighted by Crippen LogP contribution is -2.64. The number of fused-ring (bicyclic) bond motifs is 1. The zero-order valence-corrected chi connectivity index (χ0v) is 19.6. The van der Waals surface area contributed by atoms with Gasteiger partial charge in [-0.1, -0.05) is 22.9 Å². The zero-order chi connectivity index (χ0) is 21.3. The first kappa shape index (κ1) is 20.4. The minimum Gasteiger partial charge on any atom is -0.383 e. The van der Waals surface area contributed by atoms with Crippen LogP contribution in [0, 0.1) is 5.92 Å². The maximum absolute atomic E-state index is 13.3. The molecule has 1 amide bonds. The molecular weight excluding hydrogens is 468 g/mol. The molecule has 0 spiro atoms. The summed E-state index contributed by atoms with van der Waals surface area (Å²) in [6, 6.07) is 5.92. The van der Waals surface area contributed by atoms with E-state index in [0.29, 0.717) is 18.5 Å². The van der Waals surface area contributed by atoms with E-state index in [1.54, 1.807) is 12.1 Å². The van der Waals surface area contributed by atoms with Gasteiger partial charge in [-0.15, -0.1) is 0 Å². The molecule has 3 unspecified atom stereocenters. The Hall–Kier alpha value is -1.54. The van der Waals surface area contributed by atoms with Crippen molar-refractivity contribution >= 4 is 42.9 Å². The molecule has 3 atom stereocenters. The van der Waals surface area contributed by atoms with Gasteiger partial charge in [0.15, 0.2) is 0 Å². The van der Waals surface area contributed by atoms with E-state index in [9.17, 15) is 13.2 Å². The van der Waals surface area contributed by atoms with Crippen LogP contribution in [-0.4, -0.2) is 46.9 Å². The topological polar surface area (TPSA) is 79.5 Å². The molecular formula is C22H27BrN2O4S. The summed E-state index contributed by atoms with van der Waals surface area (Å²) < 4.78 is 28.2. The number of H-pyrrole nitrogens is 1. The molecule has 1 aromatic carbocycles. The van der Waals surface area contributed by atoms with Crippen LogP contribution in [0.5, 0.6) is 5.75 Å². The first-order valence-corrected chi connectivity index (χ1v) is 13.2. The maximum Gasteiger partial charge on any atom is 0.306 e. The van der Waals surface area contributed by atoms with E-state index in [-0.39, 0.29) is 21.9 Å². The van der Waals surface area contributed by atoms with Crippen molar-refractivity contribution in [2.45, 2.75) is 67.8 Å². The van der Waals surface area contributed by atoms with E-state index in [0.717, 1.165) is 54.3 Å². The Morgan fingerprint density at radius 2 is 2.00 bits per heavy atom. The van der Waals surface area contributed by atoms with Crippen LogP contribution in [0.2, 0.25) is 0 Å². The first-order valence-electron chi connectivity index (χ1n) is 10.6. The standard InChI is InChI=1S/C22H27BrN2O4S/c1-13(19-12-24-20-4-3-17(8-18(19)20)29-30(2,27)28)5-21(26)25-15-6-14-7-16(25)11-22(23,9-14)10-15/h3-4,8,12-16,24H,5-7,9-11H2,1-2H3. The number of alkyl halides is 1. The summed E-state index contributed by atoms with van der Waals surface area (Å²) >= 11 is 3.97. The monoisotopic (exact) mass is 494 g/mol. The van der Waals surface area contributed by atoms with Crippen LogP contribution in [0.1, 0.15) is 56.9 Å². The molecule has 6 nitrogen and oxygen atoms in total. The highest BCUT2D eigenvalue weighted by atomic mass is 79.9. The van der Waals surface area contributed by atoms with Crippen molar-refractivity contribution in [3.05, 3.63) is 30.0 Å². The van der Waals surface area contributed by atoms with Crippen molar-refractivity contribution in [3.63, 3.8) is 0 Å². The fourth-order valence-electron chi connectivity index (χ4n) is 6.17. The number of piperidine rings is 2. The van der Waals surface area contributed by atoms with Gasteiger partial charge < -0.3 is 14.1 Å². The van der Waals surface area contributed by atoms with Crippen molar-refractivity contribution < 1.29 is 17.4 Å². The van der Waals surface area contributed by atoms with Crippen molar-refractivity contribution in [2.75, 3.05) is 6.26 Å². The molecule has 3 heterocycles. The molecule has 2 saturated carbocycles. The highest BCUT2D eigenvalue weighted by molar-refractivity contribution is 9.10. The quantitative estimate of drug-likeness (QED) is 0.496. The largest absolute Gasteiger partial charge is 0.383 e. The molecule has 4 bridgehead atoms. The number of rotatable bonds is 5. The number of carbonyl (C=O) groups is 1. The van der Waals surface area contributed by atoms with Gasteiger partial charge in [0.2, 0.25) is 5.91 Å². The minimum absolute atomic E-state index is 0.0230. The number of nitrogens with zero attached hydrogens (tertiary/aromatic N) is 1. The van der Waals surface area contributed by atoms with E-state index in [2.05, 4.69) is 32.7 Å². The van der Waals surface area contributed by atoms with Gasteiger partial charge in [0.25, 0.3) is 0 Å². The van der Waals surface area contributed by atoms with Crippen molar-refractivity contribution in [2.24, 2.45) is 5.92 Å². The molecule has 1 aromatic heterocycles. The van der Waals surface area contributed by atoms with E-state index in [1.165, 1.54) is 6.42 Å². The lowest BCUT2D eigenvalue weighted by atomic mass is 9.63. The van der Waals surface area contributed by atoms with Gasteiger partial charge in [0.05, 0.1) is 6.26 Å². The third-order valence-corrected chi connectivity index (χ3v) is 8.55. The predicted octanol–water partition coefficient (Wildman–Crippen LogP) is 4.31. The van der Waals surface area contributed by atoms with Gasteiger partial charge in [0, 0.05) is 39.9 Å². The highest BCUT2D eigenvalue weighted by Crippen LogP contribution is 2.55. The van der Waals surface area contributed by atoms with Crippen LogP contribution in [0.25, 0.3) is 10.9 Å². The number of benzene rings is 1. The van der Waals surface area contributed by atoms with E-state index in [1.807, 2.05) is 12.3 Å². The third-order valence-electron chi connectivity index (χ3n) is 7.09. The molecule has 4 fully saturated rings. The Kier molecular flexibility index (Phi) is 4.74. The van der Waals surface area contributed by atoms with Crippen molar-refractivity contribution in [1.82, 2.24) is 9.88 Å². The number of halogens is 1. The average molecular weight is 495 g/mol. The van der Waals surface area contributed by atoms with Gasteiger partial charge in [-0.05, 0) is 67.7 Å². The van der Waals surface area contributed by atoms with Crippen LogP contribution in [-0.2, 0) is 14.9 Å². The Balaban J connectivity index is 1.35. The smallest absolute Gasteiger partial charge is 0.306 e. The molecule has 1 N–H and O–H groups in total. The van der Waals surface area contributed by atoms with Gasteiger partial charge in [-0.25, -0.2) is 0 Å². The number of aromatic nitrogens is 1. The Morgan fingerprint density at radius 3 is 2.63 bits per heavy atom. The Labute approximate surface area is 185 Å². The minimum atomic E-state index is -3.59. The van der Waals surface area contributed by atoms with Crippen LogP contribution < -0.4 is 4.18 Å². The van der Waals surface area contributed by atoms with E-state index < -0.39 is 10.1 Å². The summed E-state index contributed by atoms with van der Waals surface area (Å²) in [7, 11) is -3.59. The summed E-state index contributed by atoms with van der Waals surface area (Å²) in [4.78, 5) is 18.8. The van der Waals surface area contributed by atoms with Crippen LogP contribution in [0.4, 0.5) is 0 Å². The van der Waals surface area contributed by atoms with Crippen molar-refractivity contribution in [1.29, 1.82) is 0 Å². The second kappa shape index (κ2) is 6.99. The fraction of sp³-hybridized carbons (Fsp3) is 0.591. The van der Waals surface area contributed by atoms with Gasteiger partial charge >= 0.3 is 10.1 Å². The Bertz CT molecular complexity index is 1100. The maximum atomic E-state index is 13.3. The van der Waals surface area contributed by atoms with E-state index >= 15 is 0 Å². The van der Waals surface area contributed by atoms with Crippen LogP contribution in [0.3, 0.4) is 0 Å². The third kappa shape index (κ3) is 3.66. The highest BCUT2D eigenvalue weighted by Gasteiger charge is 2.54. The summed E-state index contributed by atoms with van der Waals surface area (Å²) in [6.07, 6.45) is 9.09. The predicted molar refractivity (Wildman–Crippen MR) is 119 cm³/mol. The summed E-state index contributed by atoms with van der Waals surface area (Å²) in [5.41, 5.74) is 1.92. The van der Waals surface area contributed by atoms with Crippen molar-refractivity contribution in [3.8, 4) is 5.75 Å². The molecule has 2 saturated heterocycles. The van der Waals surface area contributed by atoms with Gasteiger partial charge in [-0.3, -0.25) is 4.79 Å².